The first-order chi connectivity index (χ1) is 29.2. The highest BCUT2D eigenvalue weighted by Gasteiger charge is 2.19. The Morgan fingerprint density at radius 2 is 0.583 bits per heavy atom. The number of hydrogen-bond donors (Lipinski definition) is 0. The molecule has 0 aliphatic heterocycles. The van der Waals surface area contributed by atoms with Crippen molar-refractivity contribution in [2.75, 3.05) is 13.2 Å². The summed E-state index contributed by atoms with van der Waals surface area (Å²) in [6.45, 7) is 13.7. The molecule has 0 aromatic carbocycles. The molecule has 0 spiro atoms. The smallest absolute Gasteiger partial charge is 0.306 e. The number of hydrogen-bond acceptors (Lipinski definition) is 6. The molecule has 0 heterocycles. The molecule has 0 amide bonds. The van der Waals surface area contributed by atoms with Gasteiger partial charge < -0.3 is 14.2 Å². The molecule has 0 aliphatic rings. The molecule has 0 saturated heterocycles. The van der Waals surface area contributed by atoms with Gasteiger partial charge in [0.25, 0.3) is 0 Å². The Kier molecular flexibility index (Phi) is 44.2. The summed E-state index contributed by atoms with van der Waals surface area (Å²) < 4.78 is 16.8. The predicted octanol–water partition coefficient (Wildman–Crippen LogP) is 17.2. The first kappa shape index (κ1) is 58.4. The molecule has 0 fully saturated rings. The Morgan fingerprint density at radius 3 is 0.867 bits per heavy atom. The van der Waals surface area contributed by atoms with Crippen molar-refractivity contribution in [1.82, 2.24) is 0 Å². The van der Waals surface area contributed by atoms with Crippen LogP contribution >= 0.6 is 0 Å². The van der Waals surface area contributed by atoms with Crippen molar-refractivity contribution in [3.63, 3.8) is 0 Å². The molecule has 0 saturated carbocycles. The van der Waals surface area contributed by atoms with Gasteiger partial charge in [-0.3, -0.25) is 14.4 Å². The van der Waals surface area contributed by atoms with Gasteiger partial charge in [0.1, 0.15) is 13.2 Å². The largest absolute Gasteiger partial charge is 0.462 e. The summed E-state index contributed by atoms with van der Waals surface area (Å²) in [6.07, 6.45) is 45.1. The van der Waals surface area contributed by atoms with Crippen LogP contribution in [-0.4, -0.2) is 37.2 Å². The topological polar surface area (TPSA) is 78.9 Å². The molecule has 0 aliphatic carbocycles. The molecule has 3 atom stereocenters. The maximum absolute atomic E-state index is 12.8. The minimum absolute atomic E-state index is 0.0652. The van der Waals surface area contributed by atoms with Gasteiger partial charge in [-0.15, -0.1) is 0 Å². The first-order valence-corrected chi connectivity index (χ1v) is 26.7. The van der Waals surface area contributed by atoms with Crippen molar-refractivity contribution < 1.29 is 28.6 Å². The maximum atomic E-state index is 12.8. The number of esters is 3. The van der Waals surface area contributed by atoms with Crippen molar-refractivity contribution in [2.24, 2.45) is 17.8 Å². The second-order valence-electron chi connectivity index (χ2n) is 19.5. The van der Waals surface area contributed by atoms with Gasteiger partial charge in [-0.1, -0.05) is 253 Å². The quantitative estimate of drug-likeness (QED) is 0.0345. The monoisotopic (exact) mass is 849 g/mol. The van der Waals surface area contributed by atoms with Crippen LogP contribution in [-0.2, 0) is 28.6 Å². The van der Waals surface area contributed by atoms with Gasteiger partial charge in [-0.05, 0) is 37.0 Å². The van der Waals surface area contributed by atoms with Crippen LogP contribution in [0, 0.1) is 17.8 Å². The highest BCUT2D eigenvalue weighted by molar-refractivity contribution is 5.71. The zero-order valence-electron chi connectivity index (χ0n) is 41.3. The molecule has 0 radical (unpaired) electrons. The van der Waals surface area contributed by atoms with Crippen LogP contribution in [0.1, 0.15) is 292 Å². The van der Waals surface area contributed by atoms with Crippen molar-refractivity contribution in [3.05, 3.63) is 0 Å². The van der Waals surface area contributed by atoms with E-state index >= 15 is 0 Å². The van der Waals surface area contributed by atoms with Crippen LogP contribution in [0.2, 0.25) is 0 Å². The maximum Gasteiger partial charge on any atom is 0.306 e. The third kappa shape index (κ3) is 44.5. The van der Waals surface area contributed by atoms with Gasteiger partial charge in [0.05, 0.1) is 0 Å². The second-order valence-corrected chi connectivity index (χ2v) is 19.5. The van der Waals surface area contributed by atoms with E-state index in [-0.39, 0.29) is 31.1 Å². The van der Waals surface area contributed by atoms with Crippen LogP contribution in [0.4, 0.5) is 0 Å². The Bertz CT molecular complexity index is 933. The van der Waals surface area contributed by atoms with E-state index in [4.69, 9.17) is 14.2 Å². The fourth-order valence-corrected chi connectivity index (χ4v) is 8.05. The van der Waals surface area contributed by atoms with E-state index in [0.717, 1.165) is 75.5 Å². The van der Waals surface area contributed by atoms with Gasteiger partial charge in [-0.2, -0.15) is 0 Å². The highest BCUT2D eigenvalue weighted by Crippen LogP contribution is 2.18. The Balaban J connectivity index is 4.29. The number of ether oxygens (including phenoxy) is 3. The second kappa shape index (κ2) is 45.4. The van der Waals surface area contributed by atoms with Gasteiger partial charge in [0.15, 0.2) is 6.10 Å². The fourth-order valence-electron chi connectivity index (χ4n) is 8.05. The zero-order valence-corrected chi connectivity index (χ0v) is 41.3. The molecule has 0 bridgehead atoms. The highest BCUT2D eigenvalue weighted by atomic mass is 16.6. The first-order valence-electron chi connectivity index (χ1n) is 26.7. The van der Waals surface area contributed by atoms with Crippen LogP contribution in [0.15, 0.2) is 0 Å². The van der Waals surface area contributed by atoms with Crippen molar-refractivity contribution in [3.8, 4) is 0 Å². The lowest BCUT2D eigenvalue weighted by Gasteiger charge is -2.18. The zero-order chi connectivity index (χ0) is 44.2. The summed E-state index contributed by atoms with van der Waals surface area (Å²) >= 11 is 0. The minimum Gasteiger partial charge on any atom is -0.462 e. The van der Waals surface area contributed by atoms with E-state index in [1.54, 1.807) is 0 Å². The average Bonchev–Trinajstić information content (AvgIpc) is 3.23. The molecule has 0 rings (SSSR count). The summed E-state index contributed by atoms with van der Waals surface area (Å²) in [5.41, 5.74) is 0. The lowest BCUT2D eigenvalue weighted by Crippen LogP contribution is -2.30. The Labute approximate surface area is 374 Å². The number of rotatable bonds is 47. The lowest BCUT2D eigenvalue weighted by molar-refractivity contribution is -0.167. The molecule has 60 heavy (non-hydrogen) atoms. The van der Waals surface area contributed by atoms with Gasteiger partial charge in [0.2, 0.25) is 0 Å². The fraction of sp³-hybridized carbons (Fsp3) is 0.944. The SMILES string of the molecule is CCC(C)CCCCCCCCCCCCC(=O)OC[C@H](COC(=O)CCCCCCCCC(C)CC)OC(=O)CCCCCCCCCCCCCCCCCC(C)C. The minimum atomic E-state index is -0.763. The van der Waals surface area contributed by atoms with Crippen LogP contribution in [0.25, 0.3) is 0 Å². The van der Waals surface area contributed by atoms with Crippen molar-refractivity contribution in [2.45, 2.75) is 298 Å². The molecule has 2 unspecified atom stereocenters. The normalized spacial score (nSPS) is 13.1. The lowest BCUT2D eigenvalue weighted by atomic mass is 9.99. The van der Waals surface area contributed by atoms with E-state index in [0.29, 0.717) is 19.3 Å². The molecule has 0 N–H and O–H groups in total. The number of carbonyl (C=O) groups is 3. The van der Waals surface area contributed by atoms with Crippen LogP contribution in [0.3, 0.4) is 0 Å². The summed E-state index contributed by atoms with van der Waals surface area (Å²) in [4.78, 5) is 38.0. The predicted molar refractivity (Wildman–Crippen MR) is 256 cm³/mol. The third-order valence-electron chi connectivity index (χ3n) is 12.9. The van der Waals surface area contributed by atoms with Crippen LogP contribution < -0.4 is 0 Å². The Morgan fingerprint density at radius 1 is 0.333 bits per heavy atom. The van der Waals surface area contributed by atoms with E-state index in [2.05, 4.69) is 41.5 Å². The van der Waals surface area contributed by atoms with E-state index in [1.807, 2.05) is 0 Å². The molecular formula is C54H104O6. The Hall–Kier alpha value is -1.59. The third-order valence-corrected chi connectivity index (χ3v) is 12.9. The summed E-state index contributed by atoms with van der Waals surface area (Å²) in [5.74, 6) is 1.68. The van der Waals surface area contributed by atoms with E-state index < -0.39 is 6.10 Å². The summed E-state index contributed by atoms with van der Waals surface area (Å²) in [7, 11) is 0. The molecule has 0 aromatic rings. The molecule has 6 heteroatoms. The van der Waals surface area contributed by atoms with Gasteiger partial charge in [0, 0.05) is 19.3 Å². The van der Waals surface area contributed by atoms with Gasteiger partial charge >= 0.3 is 17.9 Å². The van der Waals surface area contributed by atoms with E-state index in [9.17, 15) is 14.4 Å². The van der Waals surface area contributed by atoms with Crippen molar-refractivity contribution >= 4 is 17.9 Å². The average molecular weight is 849 g/mol. The summed E-state index contributed by atoms with van der Waals surface area (Å²) in [6, 6.07) is 0. The molecule has 0 aromatic heterocycles. The summed E-state index contributed by atoms with van der Waals surface area (Å²) in [5, 5.41) is 0. The molecule has 6 nitrogen and oxygen atoms in total. The molecule has 356 valence electrons. The van der Waals surface area contributed by atoms with Crippen LogP contribution in [0.5, 0.6) is 0 Å². The number of unbranched alkanes of at least 4 members (excludes halogenated alkanes) is 28. The molecular weight excluding hydrogens is 745 g/mol. The van der Waals surface area contributed by atoms with Gasteiger partial charge in [-0.25, -0.2) is 0 Å². The standard InChI is InChI=1S/C54H104O6/c1-7-49(5)41-35-29-23-19-16-17-20-24-31-37-43-52(55)58-46-51(47-59-53(56)44-38-32-27-26-30-36-42-50(6)8-2)60-54(57)45-39-33-25-21-15-13-11-9-10-12-14-18-22-28-34-40-48(3)4/h48-51H,7-47H2,1-6H3/t49?,50?,51-/m1/s1. The van der Waals surface area contributed by atoms with Crippen molar-refractivity contribution in [1.29, 1.82) is 0 Å². The van der Waals surface area contributed by atoms with E-state index in [1.165, 1.54) is 173 Å². The number of carbonyl (C=O) groups excluding carboxylic acids is 3.